The number of aromatic nitrogens is 5. The molecule has 0 saturated carbocycles. The summed E-state index contributed by atoms with van der Waals surface area (Å²) in [4.78, 5) is 49.9. The molecule has 190 valence electrons. The van der Waals surface area contributed by atoms with Crippen molar-refractivity contribution in [1.29, 1.82) is 0 Å². The molecule has 1 saturated heterocycles. The highest BCUT2D eigenvalue weighted by molar-refractivity contribution is 7.17. The number of ether oxygens (including phenoxy) is 1. The minimum atomic E-state index is -0.673. The zero-order valence-corrected chi connectivity index (χ0v) is 20.1. The predicted octanol–water partition coefficient (Wildman–Crippen LogP) is 3.65. The minimum absolute atomic E-state index is 0.122. The highest BCUT2D eigenvalue weighted by Crippen LogP contribution is 2.31. The van der Waals surface area contributed by atoms with Gasteiger partial charge in [0.15, 0.2) is 11.5 Å². The van der Waals surface area contributed by atoms with Crippen molar-refractivity contribution >= 4 is 45.2 Å². The Bertz CT molecular complexity index is 1500. The van der Waals surface area contributed by atoms with E-state index in [1.807, 2.05) is 0 Å². The molecule has 5 rings (SSSR count). The Morgan fingerprint density at radius 3 is 2.81 bits per heavy atom. The summed E-state index contributed by atoms with van der Waals surface area (Å²) in [5, 5.41) is 18.4. The lowest BCUT2D eigenvalue weighted by molar-refractivity contribution is -0.380. The standard InChI is InChI=1S/C22H19FN8O5S/c1-2-36-22(33)29-8-7-13(11-29)30-20-14(10-25-30)19(26-18(27-20)12-3-5-16(23)24-9-12)28-21(32)15-4-6-17(37-15)31(34)35/h3-6,9-10,13H,2,7-8,11H2,1H3,(H,26,27,28,32)/t13-/m1/s1. The van der Waals surface area contributed by atoms with E-state index < -0.39 is 22.9 Å². The minimum Gasteiger partial charge on any atom is -0.450 e. The molecule has 2 amide bonds. The Labute approximate surface area is 212 Å². The number of hydrogen-bond donors (Lipinski definition) is 1. The van der Waals surface area contributed by atoms with Crippen LogP contribution in [0, 0.1) is 16.1 Å². The Kier molecular flexibility index (Phi) is 6.43. The molecule has 0 aromatic carbocycles. The molecule has 37 heavy (non-hydrogen) atoms. The summed E-state index contributed by atoms with van der Waals surface area (Å²) < 4.78 is 20.2. The summed E-state index contributed by atoms with van der Waals surface area (Å²) in [5.74, 6) is -0.984. The van der Waals surface area contributed by atoms with Crippen LogP contribution in [0.25, 0.3) is 22.4 Å². The molecule has 0 bridgehead atoms. The number of carbonyl (C=O) groups is 2. The fourth-order valence-corrected chi connectivity index (χ4v) is 4.68. The summed E-state index contributed by atoms with van der Waals surface area (Å²) in [6, 6.07) is 5.01. The van der Waals surface area contributed by atoms with Gasteiger partial charge in [-0.25, -0.2) is 24.4 Å². The molecule has 0 radical (unpaired) electrons. The number of likely N-dealkylation sites (tertiary alicyclic amines) is 1. The van der Waals surface area contributed by atoms with Crippen LogP contribution in [0.3, 0.4) is 0 Å². The van der Waals surface area contributed by atoms with Gasteiger partial charge in [0, 0.05) is 30.9 Å². The van der Waals surface area contributed by atoms with E-state index in [2.05, 4.69) is 25.4 Å². The van der Waals surface area contributed by atoms with Crippen molar-refractivity contribution in [2.75, 3.05) is 25.0 Å². The maximum Gasteiger partial charge on any atom is 0.409 e. The smallest absolute Gasteiger partial charge is 0.409 e. The number of nitrogens with zero attached hydrogens (tertiary/aromatic N) is 7. The summed E-state index contributed by atoms with van der Waals surface area (Å²) in [6.07, 6.45) is 2.96. The van der Waals surface area contributed by atoms with Crippen molar-refractivity contribution in [2.45, 2.75) is 19.4 Å². The number of halogens is 1. The topological polar surface area (TPSA) is 158 Å². The second-order valence-electron chi connectivity index (χ2n) is 8.03. The predicted molar refractivity (Wildman–Crippen MR) is 130 cm³/mol. The number of anilines is 1. The lowest BCUT2D eigenvalue weighted by atomic mass is 10.2. The number of nitro groups is 1. The summed E-state index contributed by atoms with van der Waals surface area (Å²) in [6.45, 7) is 2.84. The Morgan fingerprint density at radius 1 is 1.27 bits per heavy atom. The van der Waals surface area contributed by atoms with Crippen LogP contribution in [-0.2, 0) is 4.74 Å². The fraction of sp³-hybridized carbons (Fsp3) is 0.273. The zero-order chi connectivity index (χ0) is 26.1. The van der Waals surface area contributed by atoms with Crippen molar-refractivity contribution in [2.24, 2.45) is 0 Å². The van der Waals surface area contributed by atoms with Crippen LogP contribution in [0.4, 0.5) is 20.0 Å². The number of pyridine rings is 1. The van der Waals surface area contributed by atoms with Crippen molar-refractivity contribution in [3.8, 4) is 11.4 Å². The van der Waals surface area contributed by atoms with E-state index in [1.165, 1.54) is 30.6 Å². The van der Waals surface area contributed by atoms with E-state index in [-0.39, 0.29) is 34.2 Å². The highest BCUT2D eigenvalue weighted by atomic mass is 32.1. The first-order chi connectivity index (χ1) is 17.8. The monoisotopic (exact) mass is 526 g/mol. The van der Waals surface area contributed by atoms with E-state index in [0.717, 1.165) is 17.4 Å². The van der Waals surface area contributed by atoms with Crippen LogP contribution < -0.4 is 5.32 Å². The van der Waals surface area contributed by atoms with Gasteiger partial charge in [-0.1, -0.05) is 11.3 Å². The highest BCUT2D eigenvalue weighted by Gasteiger charge is 2.31. The summed E-state index contributed by atoms with van der Waals surface area (Å²) in [5.41, 5.74) is 0.787. The molecule has 5 heterocycles. The quantitative estimate of drug-likeness (QED) is 0.225. The number of carbonyl (C=O) groups excluding carboxylic acids is 2. The number of thiophene rings is 1. The van der Waals surface area contributed by atoms with Crippen LogP contribution in [0.5, 0.6) is 0 Å². The van der Waals surface area contributed by atoms with Crippen LogP contribution in [-0.4, -0.2) is 66.3 Å². The Balaban J connectivity index is 1.53. The maximum atomic E-state index is 13.4. The first-order valence-corrected chi connectivity index (χ1v) is 12.0. The summed E-state index contributed by atoms with van der Waals surface area (Å²) in [7, 11) is 0. The van der Waals surface area contributed by atoms with Gasteiger partial charge in [0.05, 0.1) is 34.0 Å². The normalized spacial score (nSPS) is 15.2. The molecule has 1 aliphatic rings. The third-order valence-corrected chi connectivity index (χ3v) is 6.74. The molecule has 1 N–H and O–H groups in total. The molecule has 0 aliphatic carbocycles. The van der Waals surface area contributed by atoms with Crippen LogP contribution >= 0.6 is 11.3 Å². The van der Waals surface area contributed by atoms with Gasteiger partial charge >= 0.3 is 11.1 Å². The molecular weight excluding hydrogens is 507 g/mol. The first-order valence-electron chi connectivity index (χ1n) is 11.2. The Morgan fingerprint density at radius 2 is 2.11 bits per heavy atom. The molecular formula is C22H19FN8O5S. The third kappa shape index (κ3) is 4.80. The number of rotatable bonds is 6. The van der Waals surface area contributed by atoms with Gasteiger partial charge in [-0.05, 0) is 31.5 Å². The largest absolute Gasteiger partial charge is 0.450 e. The SMILES string of the molecule is CCOC(=O)N1CC[C@@H](n2ncc3c(NC(=O)c4ccc([N+](=O)[O-])s4)nc(-c4ccc(F)nc4)nc32)C1. The van der Waals surface area contributed by atoms with Gasteiger partial charge in [-0.2, -0.15) is 9.49 Å². The average Bonchev–Trinajstić information content (AvgIpc) is 3.64. The van der Waals surface area contributed by atoms with Crippen molar-refractivity contribution in [3.63, 3.8) is 0 Å². The fourth-order valence-electron chi connectivity index (χ4n) is 3.96. The molecule has 1 fully saturated rings. The Hall–Kier alpha value is -4.53. The van der Waals surface area contributed by atoms with Crippen LogP contribution in [0.15, 0.2) is 36.7 Å². The van der Waals surface area contributed by atoms with Crippen molar-refractivity contribution < 1.29 is 23.6 Å². The molecule has 0 spiro atoms. The van der Waals surface area contributed by atoms with E-state index in [1.54, 1.807) is 16.5 Å². The third-order valence-electron chi connectivity index (χ3n) is 5.70. The van der Waals surface area contributed by atoms with Gasteiger partial charge in [0.25, 0.3) is 5.91 Å². The van der Waals surface area contributed by atoms with Gasteiger partial charge in [-0.15, -0.1) is 0 Å². The van der Waals surface area contributed by atoms with Crippen LogP contribution in [0.2, 0.25) is 0 Å². The van der Waals surface area contributed by atoms with Gasteiger partial charge in [0.1, 0.15) is 5.82 Å². The first kappa shape index (κ1) is 24.2. The maximum absolute atomic E-state index is 13.4. The second-order valence-corrected chi connectivity index (χ2v) is 9.09. The van der Waals surface area contributed by atoms with E-state index in [4.69, 9.17) is 4.74 Å². The number of fused-ring (bicyclic) bond motifs is 1. The van der Waals surface area contributed by atoms with Gasteiger partial charge in [-0.3, -0.25) is 14.9 Å². The average molecular weight is 527 g/mol. The lowest BCUT2D eigenvalue weighted by Crippen LogP contribution is -2.29. The van der Waals surface area contributed by atoms with E-state index in [9.17, 15) is 24.1 Å². The van der Waals surface area contributed by atoms with E-state index >= 15 is 0 Å². The molecule has 1 atom stereocenters. The molecule has 0 unspecified atom stereocenters. The second kappa shape index (κ2) is 9.85. The van der Waals surface area contributed by atoms with Crippen molar-refractivity contribution in [3.05, 3.63) is 57.6 Å². The molecule has 1 aliphatic heterocycles. The zero-order valence-electron chi connectivity index (χ0n) is 19.3. The number of hydrogen-bond acceptors (Lipinski definition) is 10. The lowest BCUT2D eigenvalue weighted by Gasteiger charge is -2.16. The number of amides is 2. The van der Waals surface area contributed by atoms with Crippen molar-refractivity contribution in [1.82, 2.24) is 29.6 Å². The molecule has 4 aromatic heterocycles. The number of nitrogens with one attached hydrogen (secondary N) is 1. The molecule has 4 aromatic rings. The van der Waals surface area contributed by atoms with Gasteiger partial charge < -0.3 is 15.0 Å². The van der Waals surface area contributed by atoms with Crippen LogP contribution in [0.1, 0.15) is 29.1 Å². The molecule has 15 heteroatoms. The van der Waals surface area contributed by atoms with E-state index in [0.29, 0.717) is 36.1 Å². The summed E-state index contributed by atoms with van der Waals surface area (Å²) >= 11 is 0.732. The molecule has 13 nitrogen and oxygen atoms in total. The van der Waals surface area contributed by atoms with Gasteiger partial charge in [0.2, 0.25) is 5.95 Å².